The Labute approximate surface area is 156 Å². The van der Waals surface area contributed by atoms with E-state index >= 15 is 0 Å². The lowest BCUT2D eigenvalue weighted by Crippen LogP contribution is -2.29. The molecule has 0 aliphatic heterocycles. The molecule has 0 bridgehead atoms. The number of fused-ring (bicyclic) bond motifs is 3. The number of pyridine rings is 1. The van der Waals surface area contributed by atoms with Gasteiger partial charge in [0.1, 0.15) is 5.52 Å². The first kappa shape index (κ1) is 17.2. The normalized spacial score (nSPS) is 11.6. The summed E-state index contributed by atoms with van der Waals surface area (Å²) in [7, 11) is 6.09. The van der Waals surface area contributed by atoms with Crippen molar-refractivity contribution in [2.24, 2.45) is 0 Å². The van der Waals surface area contributed by atoms with E-state index in [9.17, 15) is 4.79 Å². The summed E-state index contributed by atoms with van der Waals surface area (Å²) in [5, 5.41) is 1.90. The van der Waals surface area contributed by atoms with E-state index < -0.39 is 0 Å². The van der Waals surface area contributed by atoms with Crippen molar-refractivity contribution in [2.75, 3.05) is 39.1 Å². The molecule has 7 heteroatoms. The maximum Gasteiger partial charge on any atom is 0.272 e. The Morgan fingerprint density at radius 1 is 1.04 bits per heavy atom. The number of anilines is 1. The number of nitrogens with one attached hydrogen (secondary N) is 2. The number of rotatable bonds is 5. The summed E-state index contributed by atoms with van der Waals surface area (Å²) >= 11 is 0. The van der Waals surface area contributed by atoms with E-state index in [4.69, 9.17) is 4.98 Å². The number of hydrogen-bond donors (Lipinski definition) is 2. The fourth-order valence-electron chi connectivity index (χ4n) is 3.15. The third-order valence-corrected chi connectivity index (χ3v) is 4.69. The van der Waals surface area contributed by atoms with E-state index in [1.165, 1.54) is 0 Å². The molecule has 0 saturated carbocycles. The van der Waals surface area contributed by atoms with E-state index in [1.54, 1.807) is 12.4 Å². The third kappa shape index (κ3) is 3.29. The average Bonchev–Trinajstić information content (AvgIpc) is 3.17. The largest absolute Gasteiger partial charge is 0.357 e. The van der Waals surface area contributed by atoms with Gasteiger partial charge in [-0.2, -0.15) is 0 Å². The van der Waals surface area contributed by atoms with Crippen molar-refractivity contribution >= 4 is 27.8 Å². The highest BCUT2D eigenvalue weighted by Gasteiger charge is 2.10. The molecule has 138 valence electrons. The van der Waals surface area contributed by atoms with Gasteiger partial charge < -0.3 is 19.8 Å². The van der Waals surface area contributed by atoms with Gasteiger partial charge in [0.15, 0.2) is 0 Å². The molecular weight excluding hydrogens is 340 g/mol. The molecule has 4 aromatic rings. The highest BCUT2D eigenvalue weighted by atomic mass is 16.1. The SMILES string of the molecule is CN(C)CCN(C)c1nccc(-c2ccc3[nH]c(=O)c4[nH]ccc4c3c2)n1. The van der Waals surface area contributed by atoms with E-state index in [2.05, 4.69) is 25.9 Å². The second kappa shape index (κ2) is 6.85. The summed E-state index contributed by atoms with van der Waals surface area (Å²) in [6.07, 6.45) is 3.57. The number of nitrogens with zero attached hydrogens (tertiary/aromatic N) is 4. The number of H-pyrrole nitrogens is 2. The lowest BCUT2D eigenvalue weighted by atomic mass is 10.1. The maximum atomic E-state index is 12.1. The first-order valence-corrected chi connectivity index (χ1v) is 8.85. The molecule has 3 heterocycles. The van der Waals surface area contributed by atoms with Crippen LogP contribution in [-0.2, 0) is 0 Å². The van der Waals surface area contributed by atoms with Crippen molar-refractivity contribution in [1.82, 2.24) is 24.8 Å². The van der Waals surface area contributed by atoms with Crippen molar-refractivity contribution in [3.05, 3.63) is 53.1 Å². The Hall–Kier alpha value is -3.19. The fourth-order valence-corrected chi connectivity index (χ4v) is 3.15. The molecule has 0 unspecified atom stereocenters. The predicted octanol–water partition coefficient (Wildman–Crippen LogP) is 2.46. The minimum Gasteiger partial charge on any atom is -0.357 e. The molecule has 0 radical (unpaired) electrons. The number of aromatic nitrogens is 4. The first-order chi connectivity index (χ1) is 13.0. The molecule has 7 nitrogen and oxygen atoms in total. The second-order valence-electron chi connectivity index (χ2n) is 6.95. The Morgan fingerprint density at radius 3 is 2.70 bits per heavy atom. The zero-order chi connectivity index (χ0) is 19.0. The summed E-state index contributed by atoms with van der Waals surface area (Å²) in [5.41, 5.74) is 3.14. The zero-order valence-corrected chi connectivity index (χ0v) is 15.7. The van der Waals surface area contributed by atoms with Crippen molar-refractivity contribution in [3.8, 4) is 11.3 Å². The number of hydrogen-bond acceptors (Lipinski definition) is 5. The van der Waals surface area contributed by atoms with Gasteiger partial charge in [-0.3, -0.25) is 4.79 Å². The molecule has 0 spiro atoms. The lowest BCUT2D eigenvalue weighted by Gasteiger charge is -2.19. The van der Waals surface area contributed by atoms with Gasteiger partial charge in [-0.25, -0.2) is 9.97 Å². The van der Waals surface area contributed by atoms with Crippen molar-refractivity contribution in [1.29, 1.82) is 0 Å². The van der Waals surface area contributed by atoms with E-state index in [-0.39, 0.29) is 5.56 Å². The maximum absolute atomic E-state index is 12.1. The fraction of sp³-hybridized carbons (Fsp3) is 0.250. The third-order valence-electron chi connectivity index (χ3n) is 4.69. The summed E-state index contributed by atoms with van der Waals surface area (Å²) in [6.45, 7) is 1.78. The Kier molecular flexibility index (Phi) is 4.37. The summed E-state index contributed by atoms with van der Waals surface area (Å²) < 4.78 is 0. The molecule has 0 aliphatic carbocycles. The lowest BCUT2D eigenvalue weighted by molar-refractivity contribution is 0.415. The number of aromatic amines is 2. The Bertz CT molecular complexity index is 1160. The van der Waals surface area contributed by atoms with Crippen LogP contribution in [0.2, 0.25) is 0 Å². The van der Waals surface area contributed by atoms with Crippen LogP contribution in [0.1, 0.15) is 0 Å². The molecular formula is C20H22N6O. The van der Waals surface area contributed by atoms with Crippen molar-refractivity contribution in [2.45, 2.75) is 0 Å². The Morgan fingerprint density at radius 2 is 1.89 bits per heavy atom. The van der Waals surface area contributed by atoms with Crippen LogP contribution in [0.25, 0.3) is 33.1 Å². The minimum absolute atomic E-state index is 0.109. The molecule has 4 rings (SSSR count). The van der Waals surface area contributed by atoms with Crippen LogP contribution in [0.5, 0.6) is 0 Å². The van der Waals surface area contributed by atoms with Crippen LogP contribution in [0.3, 0.4) is 0 Å². The predicted molar refractivity (Wildman–Crippen MR) is 109 cm³/mol. The van der Waals surface area contributed by atoms with Gasteiger partial charge in [0.25, 0.3) is 5.56 Å². The number of benzene rings is 1. The summed E-state index contributed by atoms with van der Waals surface area (Å²) in [5.74, 6) is 0.697. The number of likely N-dealkylation sites (N-methyl/N-ethyl adjacent to an activating group) is 2. The summed E-state index contributed by atoms with van der Waals surface area (Å²) in [6, 6.07) is 9.80. The van der Waals surface area contributed by atoms with Gasteiger partial charge in [0.2, 0.25) is 5.95 Å². The molecule has 0 amide bonds. The highest BCUT2D eigenvalue weighted by molar-refractivity contribution is 6.05. The van der Waals surface area contributed by atoms with E-state index in [0.29, 0.717) is 11.5 Å². The smallest absolute Gasteiger partial charge is 0.272 e. The highest BCUT2D eigenvalue weighted by Crippen LogP contribution is 2.26. The average molecular weight is 362 g/mol. The van der Waals surface area contributed by atoms with Crippen molar-refractivity contribution in [3.63, 3.8) is 0 Å². The standard InChI is InChI=1S/C20H22N6O/c1-25(2)10-11-26(3)20-22-9-7-16(24-20)13-4-5-17-15(12-13)14-6-8-21-18(14)19(27)23-17/h4-9,12,21H,10-11H2,1-3H3,(H,23,27). The second-order valence-corrected chi connectivity index (χ2v) is 6.95. The first-order valence-electron chi connectivity index (χ1n) is 8.85. The van der Waals surface area contributed by atoms with Crippen LogP contribution in [0.4, 0.5) is 5.95 Å². The minimum atomic E-state index is -0.109. The molecule has 3 aromatic heterocycles. The molecule has 0 saturated heterocycles. The van der Waals surface area contributed by atoms with Gasteiger partial charge in [0, 0.05) is 54.4 Å². The van der Waals surface area contributed by atoms with E-state index in [1.807, 2.05) is 50.3 Å². The van der Waals surface area contributed by atoms with Crippen LogP contribution >= 0.6 is 0 Å². The van der Waals surface area contributed by atoms with Gasteiger partial charge in [-0.15, -0.1) is 0 Å². The van der Waals surface area contributed by atoms with Gasteiger partial charge in [-0.1, -0.05) is 6.07 Å². The molecule has 2 N–H and O–H groups in total. The summed E-state index contributed by atoms with van der Waals surface area (Å²) in [4.78, 5) is 31.4. The molecule has 0 fully saturated rings. The molecule has 27 heavy (non-hydrogen) atoms. The molecule has 0 atom stereocenters. The Balaban J connectivity index is 1.75. The quantitative estimate of drug-likeness (QED) is 0.570. The van der Waals surface area contributed by atoms with Crippen LogP contribution in [0, 0.1) is 0 Å². The topological polar surface area (TPSA) is 80.9 Å². The van der Waals surface area contributed by atoms with Gasteiger partial charge in [-0.05, 0) is 38.4 Å². The molecule has 0 aliphatic rings. The monoisotopic (exact) mass is 362 g/mol. The zero-order valence-electron chi connectivity index (χ0n) is 15.7. The molecule has 1 aromatic carbocycles. The van der Waals surface area contributed by atoms with Crippen LogP contribution < -0.4 is 10.5 Å². The van der Waals surface area contributed by atoms with Gasteiger partial charge in [0.05, 0.1) is 5.69 Å². The van der Waals surface area contributed by atoms with Gasteiger partial charge >= 0.3 is 0 Å². The van der Waals surface area contributed by atoms with E-state index in [0.717, 1.165) is 40.6 Å². The van der Waals surface area contributed by atoms with Crippen molar-refractivity contribution < 1.29 is 0 Å². The van der Waals surface area contributed by atoms with Crippen LogP contribution in [-0.4, -0.2) is 59.1 Å². The van der Waals surface area contributed by atoms with Crippen LogP contribution in [0.15, 0.2) is 47.5 Å².